The largest absolute Gasteiger partial charge is 0.493 e. The summed E-state index contributed by atoms with van der Waals surface area (Å²) in [6, 6.07) is 5.05. The first-order valence-electron chi connectivity index (χ1n) is 9.90. The molecule has 1 unspecified atom stereocenters. The van der Waals surface area contributed by atoms with Gasteiger partial charge in [0.25, 0.3) is 5.82 Å². The maximum absolute atomic E-state index is 14.6. The zero-order valence-electron chi connectivity index (χ0n) is 17.3. The number of rotatable bonds is 4. The topological polar surface area (TPSA) is 73.6 Å². The molecule has 0 saturated heterocycles. The SMILES string of the molecule is [C-]#[N+]c1cn2c(NCc3c(F)ccc4c3C(C)CO4)ncc(-c3cc(C)nn3C)c2n1. The number of anilines is 1. The Morgan fingerprint density at radius 3 is 2.97 bits per heavy atom. The first-order valence-corrected chi connectivity index (χ1v) is 9.90. The van der Waals surface area contributed by atoms with Crippen molar-refractivity contribution in [1.29, 1.82) is 0 Å². The van der Waals surface area contributed by atoms with Crippen LogP contribution in [0.4, 0.5) is 16.2 Å². The summed E-state index contributed by atoms with van der Waals surface area (Å²) in [5, 5.41) is 7.61. The smallest absolute Gasteiger partial charge is 0.288 e. The van der Waals surface area contributed by atoms with Crippen LogP contribution in [0, 0.1) is 19.3 Å². The lowest BCUT2D eigenvalue weighted by Gasteiger charge is -2.13. The van der Waals surface area contributed by atoms with Gasteiger partial charge in [-0.3, -0.25) is 9.08 Å². The number of aromatic nitrogens is 5. The summed E-state index contributed by atoms with van der Waals surface area (Å²) >= 11 is 0. The van der Waals surface area contributed by atoms with Crippen molar-refractivity contribution in [2.75, 3.05) is 11.9 Å². The van der Waals surface area contributed by atoms with Crippen molar-refractivity contribution >= 4 is 17.4 Å². The van der Waals surface area contributed by atoms with E-state index in [9.17, 15) is 4.39 Å². The quantitative estimate of drug-likeness (QED) is 0.503. The fraction of sp³-hybridized carbons (Fsp3) is 0.273. The summed E-state index contributed by atoms with van der Waals surface area (Å²) in [6.07, 6.45) is 3.33. The van der Waals surface area contributed by atoms with Crippen LogP contribution in [0.15, 0.2) is 30.6 Å². The van der Waals surface area contributed by atoms with Crippen molar-refractivity contribution in [3.63, 3.8) is 0 Å². The van der Waals surface area contributed by atoms with E-state index in [2.05, 4.69) is 25.2 Å². The average molecular weight is 417 g/mol. The Hall–Kier alpha value is -3.93. The summed E-state index contributed by atoms with van der Waals surface area (Å²) in [5.74, 6) is 1.29. The molecule has 156 valence electrons. The monoisotopic (exact) mass is 417 g/mol. The molecule has 0 bridgehead atoms. The van der Waals surface area contributed by atoms with Crippen LogP contribution in [0.3, 0.4) is 0 Å². The first kappa shape index (κ1) is 19.1. The highest BCUT2D eigenvalue weighted by Gasteiger charge is 2.26. The Balaban J connectivity index is 1.56. The zero-order valence-corrected chi connectivity index (χ0v) is 17.3. The van der Waals surface area contributed by atoms with Gasteiger partial charge < -0.3 is 14.9 Å². The van der Waals surface area contributed by atoms with E-state index in [1.165, 1.54) is 6.07 Å². The van der Waals surface area contributed by atoms with E-state index in [1.54, 1.807) is 27.5 Å². The lowest BCUT2D eigenvalue weighted by atomic mass is 9.97. The molecule has 1 atom stereocenters. The number of imidazole rings is 1. The predicted octanol–water partition coefficient (Wildman–Crippen LogP) is 4.24. The van der Waals surface area contributed by atoms with Crippen LogP contribution in [0.25, 0.3) is 21.7 Å². The Morgan fingerprint density at radius 1 is 1.39 bits per heavy atom. The molecule has 4 heterocycles. The molecule has 0 saturated carbocycles. The van der Waals surface area contributed by atoms with Crippen LogP contribution in [-0.2, 0) is 13.6 Å². The summed E-state index contributed by atoms with van der Waals surface area (Å²) < 4.78 is 23.8. The Bertz CT molecular complexity index is 1360. The van der Waals surface area contributed by atoms with Gasteiger partial charge in [-0.25, -0.2) is 9.37 Å². The van der Waals surface area contributed by atoms with E-state index in [4.69, 9.17) is 11.3 Å². The van der Waals surface area contributed by atoms with Crippen LogP contribution in [0.1, 0.15) is 29.7 Å². The molecular formula is C22H20FN7O. The number of nitrogens with zero attached hydrogens (tertiary/aromatic N) is 6. The van der Waals surface area contributed by atoms with Gasteiger partial charge in [0.2, 0.25) is 11.6 Å². The van der Waals surface area contributed by atoms with Gasteiger partial charge in [-0.05, 0) is 25.1 Å². The zero-order chi connectivity index (χ0) is 21.7. The molecular weight excluding hydrogens is 397 g/mol. The fourth-order valence-corrected chi connectivity index (χ4v) is 4.12. The molecule has 0 aliphatic carbocycles. The summed E-state index contributed by atoms with van der Waals surface area (Å²) in [4.78, 5) is 12.5. The third kappa shape index (κ3) is 3.08. The Labute approximate surface area is 178 Å². The molecule has 5 rings (SSSR count). The van der Waals surface area contributed by atoms with E-state index in [-0.39, 0.29) is 24.1 Å². The van der Waals surface area contributed by atoms with Gasteiger partial charge in [-0.15, -0.1) is 0 Å². The fourth-order valence-electron chi connectivity index (χ4n) is 4.12. The van der Waals surface area contributed by atoms with Crippen LogP contribution in [0.5, 0.6) is 5.75 Å². The van der Waals surface area contributed by atoms with Crippen molar-refractivity contribution in [2.24, 2.45) is 7.05 Å². The van der Waals surface area contributed by atoms with Gasteiger partial charge >= 0.3 is 0 Å². The molecule has 3 aromatic heterocycles. The van der Waals surface area contributed by atoms with Crippen molar-refractivity contribution in [3.8, 4) is 17.0 Å². The summed E-state index contributed by atoms with van der Waals surface area (Å²) in [7, 11) is 1.85. The molecule has 0 amide bonds. The van der Waals surface area contributed by atoms with Gasteiger partial charge in [0.15, 0.2) is 0 Å². The minimum absolute atomic E-state index is 0.118. The molecule has 1 N–H and O–H groups in total. The molecule has 1 aromatic carbocycles. The molecule has 9 heteroatoms. The van der Waals surface area contributed by atoms with Gasteiger partial charge in [0.1, 0.15) is 11.6 Å². The molecule has 1 aliphatic rings. The molecule has 4 aromatic rings. The maximum atomic E-state index is 14.6. The van der Waals surface area contributed by atoms with E-state index in [0.29, 0.717) is 23.8 Å². The van der Waals surface area contributed by atoms with E-state index < -0.39 is 0 Å². The number of nitrogens with one attached hydrogen (secondary N) is 1. The second-order valence-corrected chi connectivity index (χ2v) is 7.70. The van der Waals surface area contributed by atoms with Crippen molar-refractivity contribution < 1.29 is 9.13 Å². The minimum atomic E-state index is -0.283. The highest BCUT2D eigenvalue weighted by molar-refractivity contribution is 5.77. The number of halogens is 1. The van der Waals surface area contributed by atoms with Crippen LogP contribution in [-0.4, -0.2) is 30.8 Å². The number of aryl methyl sites for hydroxylation is 2. The predicted molar refractivity (Wildman–Crippen MR) is 114 cm³/mol. The third-order valence-electron chi connectivity index (χ3n) is 5.54. The number of hydrogen-bond acceptors (Lipinski definition) is 5. The molecule has 0 fully saturated rings. The molecule has 31 heavy (non-hydrogen) atoms. The minimum Gasteiger partial charge on any atom is -0.493 e. The number of benzene rings is 1. The normalized spacial score (nSPS) is 15.0. The lowest BCUT2D eigenvalue weighted by molar-refractivity contribution is 0.337. The second-order valence-electron chi connectivity index (χ2n) is 7.70. The standard InChI is InChI=1S/C22H20FN7O/c1-12-11-31-18-6-5-16(23)14(20(12)18)8-25-22-26-9-15(17-7-13(2)28-29(17)4)21-27-19(24-3)10-30(21)22/h5-7,9-10,12H,8,11H2,1-2,4H3,(H,25,26). The molecule has 1 aliphatic heterocycles. The van der Waals surface area contributed by atoms with E-state index in [1.807, 2.05) is 27.0 Å². The van der Waals surface area contributed by atoms with Gasteiger partial charge in [-0.2, -0.15) is 5.10 Å². The van der Waals surface area contributed by atoms with E-state index in [0.717, 1.165) is 28.3 Å². The Morgan fingerprint density at radius 2 is 2.23 bits per heavy atom. The highest BCUT2D eigenvalue weighted by atomic mass is 19.1. The lowest BCUT2D eigenvalue weighted by Crippen LogP contribution is -2.10. The summed E-state index contributed by atoms with van der Waals surface area (Å²) in [5.41, 5.74) is 4.52. The maximum Gasteiger partial charge on any atom is 0.288 e. The first-order chi connectivity index (χ1) is 15.0. The second kappa shape index (κ2) is 7.09. The number of ether oxygens (including phenoxy) is 1. The van der Waals surface area contributed by atoms with Crippen LogP contribution < -0.4 is 10.1 Å². The van der Waals surface area contributed by atoms with Gasteiger partial charge in [-0.1, -0.05) is 18.5 Å². The average Bonchev–Trinajstić information content (AvgIpc) is 3.44. The van der Waals surface area contributed by atoms with Crippen molar-refractivity contribution in [2.45, 2.75) is 26.3 Å². The van der Waals surface area contributed by atoms with Crippen LogP contribution in [0.2, 0.25) is 0 Å². The summed E-state index contributed by atoms with van der Waals surface area (Å²) in [6.45, 7) is 12.1. The molecule has 0 radical (unpaired) electrons. The highest BCUT2D eigenvalue weighted by Crippen LogP contribution is 2.38. The number of fused-ring (bicyclic) bond motifs is 2. The van der Waals surface area contributed by atoms with Gasteiger partial charge in [0.05, 0.1) is 23.6 Å². The Kier molecular flexibility index (Phi) is 4.36. The van der Waals surface area contributed by atoms with Crippen LogP contribution >= 0.6 is 0 Å². The number of hydrogen-bond donors (Lipinski definition) is 1. The molecule has 8 nitrogen and oxygen atoms in total. The van der Waals surface area contributed by atoms with Crippen molar-refractivity contribution in [1.82, 2.24) is 24.1 Å². The van der Waals surface area contributed by atoms with E-state index >= 15 is 0 Å². The van der Waals surface area contributed by atoms with Crippen molar-refractivity contribution in [3.05, 3.63) is 64.6 Å². The molecule has 0 spiro atoms. The third-order valence-corrected chi connectivity index (χ3v) is 5.54. The van der Waals surface area contributed by atoms with Gasteiger partial charge in [0, 0.05) is 43.0 Å².